The fraction of sp³-hybridized carbons (Fsp3) is 0.214. The summed E-state index contributed by atoms with van der Waals surface area (Å²) in [6, 6.07) is 12.0. The first-order chi connectivity index (χ1) is 9.57. The maximum Gasteiger partial charge on any atom is 0.212 e. The topological polar surface area (TPSA) is 79.3 Å². The van der Waals surface area contributed by atoms with Crippen LogP contribution in [0.1, 0.15) is 11.3 Å². The summed E-state index contributed by atoms with van der Waals surface area (Å²) >= 11 is 0. The van der Waals surface area contributed by atoms with Gasteiger partial charge in [0, 0.05) is 30.4 Å². The Balaban J connectivity index is 1.90. The molecule has 1 aromatic heterocycles. The second kappa shape index (κ2) is 6.49. The molecule has 0 saturated carbocycles. The van der Waals surface area contributed by atoms with E-state index in [1.54, 1.807) is 36.5 Å². The summed E-state index contributed by atoms with van der Waals surface area (Å²) in [5, 5.41) is 9.57. The van der Waals surface area contributed by atoms with Crippen molar-refractivity contribution < 1.29 is 13.5 Å². The molecule has 0 atom stereocenters. The van der Waals surface area contributed by atoms with Crippen molar-refractivity contribution >= 4 is 10.0 Å². The van der Waals surface area contributed by atoms with Gasteiger partial charge in [0.15, 0.2) is 0 Å². The van der Waals surface area contributed by atoms with Gasteiger partial charge in [-0.2, -0.15) is 0 Å². The minimum atomic E-state index is -3.40. The molecule has 6 heteroatoms. The largest absolute Gasteiger partial charge is 0.508 e. The molecule has 0 aliphatic rings. The molecule has 106 valence electrons. The Bertz CT molecular complexity index is 657. The van der Waals surface area contributed by atoms with Crippen LogP contribution in [0.4, 0.5) is 0 Å². The molecule has 2 aromatic rings. The second-order valence-corrected chi connectivity index (χ2v) is 6.27. The SMILES string of the molecule is O=S(=O)(CCc1ccccn1)NCc1ccccc1O. The maximum atomic E-state index is 11.9. The van der Waals surface area contributed by atoms with Crippen molar-refractivity contribution in [1.82, 2.24) is 9.71 Å². The van der Waals surface area contributed by atoms with Crippen LogP contribution in [-0.4, -0.2) is 24.3 Å². The van der Waals surface area contributed by atoms with E-state index in [9.17, 15) is 13.5 Å². The van der Waals surface area contributed by atoms with E-state index in [2.05, 4.69) is 9.71 Å². The number of para-hydroxylation sites is 1. The van der Waals surface area contributed by atoms with E-state index in [1.807, 2.05) is 6.07 Å². The lowest BCUT2D eigenvalue weighted by molar-refractivity contribution is 0.467. The quantitative estimate of drug-likeness (QED) is 0.844. The molecular formula is C14H16N2O3S. The number of aromatic hydroxyl groups is 1. The highest BCUT2D eigenvalue weighted by atomic mass is 32.2. The highest BCUT2D eigenvalue weighted by Gasteiger charge is 2.11. The second-order valence-electron chi connectivity index (χ2n) is 4.34. The average Bonchev–Trinajstić information content (AvgIpc) is 2.46. The fourth-order valence-electron chi connectivity index (χ4n) is 1.71. The molecule has 0 radical (unpaired) electrons. The molecule has 1 aromatic carbocycles. The molecule has 0 bridgehead atoms. The van der Waals surface area contributed by atoms with E-state index in [0.29, 0.717) is 12.0 Å². The van der Waals surface area contributed by atoms with Gasteiger partial charge in [0.2, 0.25) is 10.0 Å². The van der Waals surface area contributed by atoms with E-state index in [4.69, 9.17) is 0 Å². The number of benzene rings is 1. The summed E-state index contributed by atoms with van der Waals surface area (Å²) in [5.74, 6) is 0.0531. The number of pyridine rings is 1. The molecule has 2 rings (SSSR count). The van der Waals surface area contributed by atoms with E-state index in [-0.39, 0.29) is 18.0 Å². The maximum absolute atomic E-state index is 11.9. The summed E-state index contributed by atoms with van der Waals surface area (Å²) < 4.78 is 26.2. The molecule has 0 spiro atoms. The molecule has 0 unspecified atom stereocenters. The number of phenolic OH excluding ortho intramolecular Hbond substituents is 1. The summed E-state index contributed by atoms with van der Waals surface area (Å²) in [6.45, 7) is 0.0806. The van der Waals surface area contributed by atoms with Crippen LogP contribution in [0.3, 0.4) is 0 Å². The smallest absolute Gasteiger partial charge is 0.212 e. The molecule has 1 heterocycles. The number of nitrogens with zero attached hydrogens (tertiary/aromatic N) is 1. The third-order valence-electron chi connectivity index (χ3n) is 2.83. The number of hydrogen-bond donors (Lipinski definition) is 2. The van der Waals surface area contributed by atoms with Gasteiger partial charge in [-0.05, 0) is 18.2 Å². The monoisotopic (exact) mass is 292 g/mol. The third-order valence-corrected chi connectivity index (χ3v) is 4.15. The number of aryl methyl sites for hydroxylation is 1. The van der Waals surface area contributed by atoms with Crippen LogP contribution in [0, 0.1) is 0 Å². The van der Waals surface area contributed by atoms with Gasteiger partial charge >= 0.3 is 0 Å². The van der Waals surface area contributed by atoms with Gasteiger partial charge in [0.25, 0.3) is 0 Å². The van der Waals surface area contributed by atoms with Gasteiger partial charge in [-0.1, -0.05) is 24.3 Å². The predicted molar refractivity (Wildman–Crippen MR) is 76.7 cm³/mol. The van der Waals surface area contributed by atoms with Crippen molar-refractivity contribution in [2.45, 2.75) is 13.0 Å². The van der Waals surface area contributed by atoms with Crippen LogP contribution in [-0.2, 0) is 23.0 Å². The normalized spacial score (nSPS) is 11.4. The number of nitrogens with one attached hydrogen (secondary N) is 1. The summed E-state index contributed by atoms with van der Waals surface area (Å²) in [5.41, 5.74) is 1.29. The van der Waals surface area contributed by atoms with Gasteiger partial charge in [-0.15, -0.1) is 0 Å². The fourth-order valence-corrected chi connectivity index (χ4v) is 2.70. The molecule has 0 amide bonds. The minimum Gasteiger partial charge on any atom is -0.508 e. The third kappa shape index (κ3) is 4.32. The molecule has 5 nitrogen and oxygen atoms in total. The molecule has 20 heavy (non-hydrogen) atoms. The first-order valence-electron chi connectivity index (χ1n) is 6.21. The summed E-state index contributed by atoms with van der Waals surface area (Å²) in [4.78, 5) is 4.08. The minimum absolute atomic E-state index is 0.0301. The van der Waals surface area contributed by atoms with Crippen molar-refractivity contribution in [3.63, 3.8) is 0 Å². The molecule has 0 aliphatic carbocycles. The molecular weight excluding hydrogens is 276 g/mol. The van der Waals surface area contributed by atoms with Crippen LogP contribution >= 0.6 is 0 Å². The number of hydrogen-bond acceptors (Lipinski definition) is 4. The first kappa shape index (κ1) is 14.5. The molecule has 2 N–H and O–H groups in total. The van der Waals surface area contributed by atoms with E-state index < -0.39 is 10.0 Å². The van der Waals surface area contributed by atoms with Crippen molar-refractivity contribution in [3.8, 4) is 5.75 Å². The molecule has 0 fully saturated rings. The van der Waals surface area contributed by atoms with Gasteiger partial charge in [0.05, 0.1) is 5.75 Å². The number of aromatic nitrogens is 1. The van der Waals surface area contributed by atoms with E-state index in [1.165, 1.54) is 6.07 Å². The van der Waals surface area contributed by atoms with E-state index >= 15 is 0 Å². The van der Waals surface area contributed by atoms with Gasteiger partial charge in [-0.25, -0.2) is 13.1 Å². The van der Waals surface area contributed by atoms with Gasteiger partial charge in [0.1, 0.15) is 5.75 Å². The standard InChI is InChI=1S/C14H16N2O3S/c17-14-7-2-1-5-12(14)11-16-20(18,19)10-8-13-6-3-4-9-15-13/h1-7,9,16-17H,8,10-11H2. The van der Waals surface area contributed by atoms with Crippen molar-refractivity contribution in [2.24, 2.45) is 0 Å². The van der Waals surface area contributed by atoms with Crippen LogP contribution in [0.15, 0.2) is 48.7 Å². The van der Waals surface area contributed by atoms with Crippen molar-refractivity contribution in [1.29, 1.82) is 0 Å². The summed E-state index contributed by atoms with van der Waals surface area (Å²) in [6.07, 6.45) is 1.99. The zero-order valence-corrected chi connectivity index (χ0v) is 11.7. The Labute approximate surface area is 118 Å². The van der Waals surface area contributed by atoms with Gasteiger partial charge < -0.3 is 5.11 Å². The van der Waals surface area contributed by atoms with E-state index in [0.717, 1.165) is 5.69 Å². The van der Waals surface area contributed by atoms with Gasteiger partial charge in [-0.3, -0.25) is 4.98 Å². The average molecular weight is 292 g/mol. The molecule has 0 saturated heterocycles. The highest BCUT2D eigenvalue weighted by Crippen LogP contribution is 2.15. The zero-order valence-electron chi connectivity index (χ0n) is 10.9. The lowest BCUT2D eigenvalue weighted by Crippen LogP contribution is -2.27. The Hall–Kier alpha value is -1.92. The Morgan fingerprint density at radius 3 is 2.55 bits per heavy atom. The predicted octanol–water partition coefficient (Wildman–Crippen LogP) is 1.45. The van der Waals surface area contributed by atoms with Crippen LogP contribution in [0.25, 0.3) is 0 Å². The molecule has 0 aliphatic heterocycles. The Morgan fingerprint density at radius 2 is 1.85 bits per heavy atom. The van der Waals surface area contributed by atoms with Crippen molar-refractivity contribution in [2.75, 3.05) is 5.75 Å². The number of sulfonamides is 1. The Morgan fingerprint density at radius 1 is 1.10 bits per heavy atom. The zero-order chi connectivity index (χ0) is 14.4. The lowest BCUT2D eigenvalue weighted by atomic mass is 10.2. The Kier molecular flexibility index (Phi) is 4.70. The van der Waals surface area contributed by atoms with Crippen molar-refractivity contribution in [3.05, 3.63) is 59.9 Å². The number of phenols is 1. The first-order valence-corrected chi connectivity index (χ1v) is 7.86. The summed E-state index contributed by atoms with van der Waals surface area (Å²) in [7, 11) is -3.40. The lowest BCUT2D eigenvalue weighted by Gasteiger charge is -2.07. The van der Waals surface area contributed by atoms with Crippen LogP contribution < -0.4 is 4.72 Å². The number of rotatable bonds is 6. The van der Waals surface area contributed by atoms with Crippen LogP contribution in [0.5, 0.6) is 5.75 Å². The highest BCUT2D eigenvalue weighted by molar-refractivity contribution is 7.89. The van der Waals surface area contributed by atoms with Crippen LogP contribution in [0.2, 0.25) is 0 Å².